The van der Waals surface area contributed by atoms with Crippen LogP contribution in [0.4, 0.5) is 5.69 Å². The molecule has 0 saturated carbocycles. The van der Waals surface area contributed by atoms with E-state index < -0.39 is 4.92 Å². The van der Waals surface area contributed by atoms with Gasteiger partial charge in [-0.05, 0) is 37.3 Å². The summed E-state index contributed by atoms with van der Waals surface area (Å²) in [7, 11) is 0. The number of carbonyl (C=O) groups is 1. The maximum atomic E-state index is 12.5. The highest BCUT2D eigenvalue weighted by Crippen LogP contribution is 2.22. The molecule has 6 nitrogen and oxygen atoms in total. The van der Waals surface area contributed by atoms with Crippen molar-refractivity contribution in [3.8, 4) is 0 Å². The molecule has 1 saturated heterocycles. The van der Waals surface area contributed by atoms with Crippen LogP contribution in [0.25, 0.3) is 10.9 Å². The molecule has 0 aliphatic carbocycles. The highest BCUT2D eigenvalue weighted by atomic mass is 16.6. The van der Waals surface area contributed by atoms with E-state index in [9.17, 15) is 14.9 Å². The smallest absolute Gasteiger partial charge is 0.270 e. The Morgan fingerprint density at radius 2 is 2.13 bits per heavy atom. The van der Waals surface area contributed by atoms with Crippen molar-refractivity contribution in [1.29, 1.82) is 0 Å². The first-order valence-corrected chi connectivity index (χ1v) is 8.05. The zero-order valence-electron chi connectivity index (χ0n) is 13.3. The van der Waals surface area contributed by atoms with Gasteiger partial charge < -0.3 is 9.47 Å². The highest BCUT2D eigenvalue weighted by molar-refractivity contribution is 5.85. The predicted molar refractivity (Wildman–Crippen MR) is 88.2 cm³/mol. The van der Waals surface area contributed by atoms with E-state index in [4.69, 9.17) is 0 Å². The normalized spacial score (nSPS) is 18.8. The molecule has 0 unspecified atom stereocenters. The quantitative estimate of drug-likeness (QED) is 0.645. The highest BCUT2D eigenvalue weighted by Gasteiger charge is 2.19. The molecule has 0 radical (unpaired) electrons. The van der Waals surface area contributed by atoms with Gasteiger partial charge in [0.05, 0.1) is 4.92 Å². The molecule has 2 heterocycles. The molecular weight excluding hydrogens is 294 g/mol. The lowest BCUT2D eigenvalue weighted by Gasteiger charge is -2.21. The third kappa shape index (κ3) is 3.36. The second-order valence-electron chi connectivity index (χ2n) is 6.36. The first-order valence-electron chi connectivity index (χ1n) is 8.05. The number of fused-ring (bicyclic) bond motifs is 1. The van der Waals surface area contributed by atoms with Crippen LogP contribution < -0.4 is 0 Å². The number of hydrogen-bond donors (Lipinski definition) is 0. The fraction of sp³-hybridized carbons (Fsp3) is 0.471. The Hall–Kier alpha value is -2.37. The minimum Gasteiger partial charge on any atom is -0.341 e. The molecule has 2 aromatic rings. The predicted octanol–water partition coefficient (Wildman–Crippen LogP) is 3.20. The molecule has 0 bridgehead atoms. The van der Waals surface area contributed by atoms with Crippen molar-refractivity contribution in [2.75, 3.05) is 13.1 Å². The van der Waals surface area contributed by atoms with Gasteiger partial charge in [0.2, 0.25) is 5.91 Å². The molecule has 0 spiro atoms. The van der Waals surface area contributed by atoms with E-state index in [1.807, 2.05) is 21.7 Å². The van der Waals surface area contributed by atoms with E-state index in [2.05, 4.69) is 6.92 Å². The summed E-state index contributed by atoms with van der Waals surface area (Å²) in [5.74, 6) is 0.802. The number of carbonyl (C=O) groups excluding carboxylic acids is 1. The second kappa shape index (κ2) is 6.40. The van der Waals surface area contributed by atoms with E-state index in [0.29, 0.717) is 5.92 Å². The summed E-state index contributed by atoms with van der Waals surface area (Å²) in [6.07, 6.45) is 5.13. The summed E-state index contributed by atoms with van der Waals surface area (Å²) in [5, 5.41) is 11.6. The Kier molecular flexibility index (Phi) is 4.32. The van der Waals surface area contributed by atoms with E-state index in [1.165, 1.54) is 12.5 Å². The molecule has 1 aromatic carbocycles. The zero-order valence-corrected chi connectivity index (χ0v) is 13.3. The average molecular weight is 315 g/mol. The van der Waals surface area contributed by atoms with Crippen LogP contribution in [0.5, 0.6) is 0 Å². The van der Waals surface area contributed by atoms with E-state index >= 15 is 0 Å². The van der Waals surface area contributed by atoms with E-state index in [0.717, 1.165) is 36.8 Å². The van der Waals surface area contributed by atoms with E-state index in [1.54, 1.807) is 12.1 Å². The number of non-ortho nitro benzene ring substituents is 1. The standard InChI is InChI=1S/C17H21N3O3/c1-13-3-2-8-18(9-6-13)17(21)12-19-10-7-14-11-15(20(22)23)4-5-16(14)19/h4-5,7,10-11,13H,2-3,6,8-9,12H2,1H3/t13-/m1/s1. The third-order valence-corrected chi connectivity index (χ3v) is 4.64. The molecule has 1 fully saturated rings. The number of rotatable bonds is 3. The summed E-state index contributed by atoms with van der Waals surface area (Å²) >= 11 is 0. The molecule has 1 aromatic heterocycles. The summed E-state index contributed by atoms with van der Waals surface area (Å²) in [5.41, 5.74) is 0.926. The Balaban J connectivity index is 1.76. The van der Waals surface area contributed by atoms with Crippen molar-refractivity contribution in [2.24, 2.45) is 5.92 Å². The monoisotopic (exact) mass is 315 g/mol. The van der Waals surface area contributed by atoms with Crippen molar-refractivity contribution in [3.05, 3.63) is 40.6 Å². The van der Waals surface area contributed by atoms with Crippen molar-refractivity contribution in [2.45, 2.75) is 32.7 Å². The van der Waals surface area contributed by atoms with Gasteiger partial charge in [0.15, 0.2) is 0 Å². The number of nitrogens with zero attached hydrogens (tertiary/aromatic N) is 3. The number of nitro groups is 1. The number of likely N-dealkylation sites (tertiary alicyclic amines) is 1. The summed E-state index contributed by atoms with van der Waals surface area (Å²) in [6, 6.07) is 6.56. The van der Waals surface area contributed by atoms with Gasteiger partial charge >= 0.3 is 0 Å². The lowest BCUT2D eigenvalue weighted by Crippen LogP contribution is -2.34. The lowest BCUT2D eigenvalue weighted by atomic mass is 10.0. The van der Waals surface area contributed by atoms with Gasteiger partial charge in [-0.2, -0.15) is 0 Å². The van der Waals surface area contributed by atoms with Gasteiger partial charge in [0.25, 0.3) is 5.69 Å². The maximum Gasteiger partial charge on any atom is 0.270 e. The Labute approximate surface area is 134 Å². The van der Waals surface area contributed by atoms with Gasteiger partial charge in [-0.3, -0.25) is 14.9 Å². The van der Waals surface area contributed by atoms with Crippen molar-refractivity contribution in [1.82, 2.24) is 9.47 Å². The van der Waals surface area contributed by atoms with Crippen molar-refractivity contribution < 1.29 is 9.72 Å². The number of nitro benzene ring substituents is 1. The minimum atomic E-state index is -0.402. The molecule has 1 aliphatic rings. The first kappa shape index (κ1) is 15.5. The third-order valence-electron chi connectivity index (χ3n) is 4.64. The van der Waals surface area contributed by atoms with Gasteiger partial charge in [-0.15, -0.1) is 0 Å². The van der Waals surface area contributed by atoms with Crippen LogP contribution >= 0.6 is 0 Å². The molecule has 23 heavy (non-hydrogen) atoms. The number of benzene rings is 1. The van der Waals surface area contributed by atoms with Crippen molar-refractivity contribution >= 4 is 22.5 Å². The molecule has 122 valence electrons. The van der Waals surface area contributed by atoms with Crippen LogP contribution in [0, 0.1) is 16.0 Å². The Bertz CT molecular complexity index is 738. The summed E-state index contributed by atoms with van der Waals surface area (Å²) < 4.78 is 1.87. The van der Waals surface area contributed by atoms with Gasteiger partial charge in [0.1, 0.15) is 6.54 Å². The number of amides is 1. The van der Waals surface area contributed by atoms with Crippen LogP contribution in [-0.4, -0.2) is 33.4 Å². The molecule has 0 N–H and O–H groups in total. The van der Waals surface area contributed by atoms with Crippen LogP contribution in [0.1, 0.15) is 26.2 Å². The number of aromatic nitrogens is 1. The van der Waals surface area contributed by atoms with Crippen LogP contribution in [0.2, 0.25) is 0 Å². The second-order valence-corrected chi connectivity index (χ2v) is 6.36. The summed E-state index contributed by atoms with van der Waals surface area (Å²) in [6.45, 7) is 4.18. The van der Waals surface area contributed by atoms with Crippen LogP contribution in [0.15, 0.2) is 30.5 Å². The maximum absolute atomic E-state index is 12.5. The van der Waals surface area contributed by atoms with Crippen LogP contribution in [-0.2, 0) is 11.3 Å². The molecule has 1 aliphatic heterocycles. The fourth-order valence-corrected chi connectivity index (χ4v) is 3.20. The van der Waals surface area contributed by atoms with E-state index in [-0.39, 0.29) is 18.1 Å². The zero-order chi connectivity index (χ0) is 16.4. The minimum absolute atomic E-state index is 0.0723. The van der Waals surface area contributed by atoms with Crippen LogP contribution in [0.3, 0.4) is 0 Å². The van der Waals surface area contributed by atoms with Crippen molar-refractivity contribution in [3.63, 3.8) is 0 Å². The SMILES string of the molecule is C[C@@H]1CCCN(C(=O)Cn2ccc3cc([N+](=O)[O-])ccc32)CC1. The topological polar surface area (TPSA) is 68.4 Å². The average Bonchev–Trinajstić information content (AvgIpc) is 2.78. The lowest BCUT2D eigenvalue weighted by molar-refractivity contribution is -0.384. The first-order chi connectivity index (χ1) is 11.0. The molecule has 3 rings (SSSR count). The Morgan fingerprint density at radius 3 is 2.91 bits per heavy atom. The fourth-order valence-electron chi connectivity index (χ4n) is 3.20. The molecule has 1 amide bonds. The number of hydrogen-bond acceptors (Lipinski definition) is 3. The van der Waals surface area contributed by atoms with Gasteiger partial charge in [-0.1, -0.05) is 6.92 Å². The van der Waals surface area contributed by atoms with Gasteiger partial charge in [-0.25, -0.2) is 0 Å². The summed E-state index contributed by atoms with van der Waals surface area (Å²) in [4.78, 5) is 24.9. The molecule has 6 heteroatoms. The Morgan fingerprint density at radius 1 is 1.30 bits per heavy atom. The molecular formula is C17H21N3O3. The van der Waals surface area contributed by atoms with Gasteiger partial charge in [0, 0.05) is 42.3 Å². The largest absolute Gasteiger partial charge is 0.341 e. The molecule has 1 atom stereocenters.